The molecule has 0 saturated carbocycles. The zero-order valence-electron chi connectivity index (χ0n) is 10.9. The Bertz CT molecular complexity index is 479. The Morgan fingerprint density at radius 3 is 2.50 bits per heavy atom. The van der Waals surface area contributed by atoms with Gasteiger partial charge in [0.1, 0.15) is 5.75 Å². The molecule has 0 aliphatic carbocycles. The summed E-state index contributed by atoms with van der Waals surface area (Å²) >= 11 is 1.54. The van der Waals surface area contributed by atoms with Gasteiger partial charge in [-0.25, -0.2) is 0 Å². The molecule has 0 aromatic heterocycles. The van der Waals surface area contributed by atoms with E-state index in [-0.39, 0.29) is 5.78 Å². The van der Waals surface area contributed by atoms with Crippen molar-refractivity contribution in [2.45, 2.75) is 18.7 Å². The highest BCUT2D eigenvalue weighted by Crippen LogP contribution is 2.37. The Balaban J connectivity index is 2.15. The third-order valence-electron chi connectivity index (χ3n) is 2.86. The number of methoxy groups -OCH3 is 1. The molecule has 0 atom stereocenters. The van der Waals surface area contributed by atoms with Gasteiger partial charge in [0.05, 0.1) is 24.3 Å². The average Bonchev–Trinajstić information content (AvgIpc) is 3.15. The van der Waals surface area contributed by atoms with E-state index >= 15 is 0 Å². The molecule has 2 rings (SSSR count). The number of carbonyl (C=O) groups excluding carboxylic acids is 1. The molecule has 1 aromatic rings. The fourth-order valence-electron chi connectivity index (χ4n) is 1.76. The molecule has 0 spiro atoms. The normalized spacial score (nSPS) is 16.5. The maximum atomic E-state index is 11.7. The molecule has 96 valence electrons. The van der Waals surface area contributed by atoms with Crippen LogP contribution in [0.1, 0.15) is 13.8 Å². The Kier molecular flexibility index (Phi) is 3.97. The molecule has 0 radical (unpaired) electrons. The Hall–Kier alpha value is -1.42. The Morgan fingerprint density at radius 1 is 1.39 bits per heavy atom. The molecule has 1 fully saturated rings. The first-order valence-corrected chi connectivity index (χ1v) is 6.78. The van der Waals surface area contributed by atoms with Crippen LogP contribution in [0, 0.1) is 0 Å². The maximum absolute atomic E-state index is 11.7. The minimum atomic E-state index is 0.141. The molecule has 3 nitrogen and oxygen atoms in total. The van der Waals surface area contributed by atoms with Crippen LogP contribution in [-0.2, 0) is 4.79 Å². The zero-order chi connectivity index (χ0) is 13.1. The minimum absolute atomic E-state index is 0.141. The van der Waals surface area contributed by atoms with E-state index in [9.17, 15) is 4.79 Å². The van der Waals surface area contributed by atoms with Gasteiger partial charge in [0.2, 0.25) is 0 Å². The van der Waals surface area contributed by atoms with Crippen molar-refractivity contribution in [3.8, 4) is 5.75 Å². The number of ether oxygens (including phenoxy) is 1. The summed E-state index contributed by atoms with van der Waals surface area (Å²) in [5, 5.41) is 0. The summed E-state index contributed by atoms with van der Waals surface area (Å²) in [6.07, 6.45) is 0. The van der Waals surface area contributed by atoms with Crippen molar-refractivity contribution in [3.05, 3.63) is 34.9 Å². The summed E-state index contributed by atoms with van der Waals surface area (Å²) in [6.45, 7) is 5.62. The number of carbonyl (C=O) groups is 1. The fourth-order valence-corrected chi connectivity index (χ4v) is 2.72. The number of Topliss-reactive ketones (excluding diaryl/α,β-unsaturated/α-hetero) is 1. The van der Waals surface area contributed by atoms with Crippen molar-refractivity contribution >= 4 is 17.5 Å². The van der Waals surface area contributed by atoms with E-state index in [1.54, 1.807) is 14.0 Å². The Morgan fingerprint density at radius 2 is 2.06 bits per heavy atom. The van der Waals surface area contributed by atoms with Crippen molar-refractivity contribution < 1.29 is 9.53 Å². The number of allylic oxidation sites excluding steroid dienone is 1. The van der Waals surface area contributed by atoms with Crippen LogP contribution in [-0.4, -0.2) is 30.9 Å². The lowest BCUT2D eigenvalue weighted by atomic mass is 10.3. The minimum Gasteiger partial charge on any atom is -0.497 e. The molecule has 1 aliphatic rings. The number of likely N-dealkylation sites (N-methyl/N-ethyl adjacent to an activating group) is 1. The maximum Gasteiger partial charge on any atom is 0.168 e. The third-order valence-corrected chi connectivity index (χ3v) is 4.10. The highest BCUT2D eigenvalue weighted by atomic mass is 32.2. The van der Waals surface area contributed by atoms with Crippen molar-refractivity contribution in [2.24, 2.45) is 0 Å². The predicted molar refractivity (Wildman–Crippen MR) is 73.8 cm³/mol. The number of ketones is 1. The van der Waals surface area contributed by atoms with Crippen LogP contribution in [0.15, 0.2) is 39.8 Å². The molecule has 18 heavy (non-hydrogen) atoms. The van der Waals surface area contributed by atoms with Crippen molar-refractivity contribution in [3.63, 3.8) is 0 Å². The summed E-state index contributed by atoms with van der Waals surface area (Å²) in [5.41, 5.74) is 1.17. The number of nitrogens with zero attached hydrogens (tertiary/aromatic N) is 1. The highest BCUT2D eigenvalue weighted by Gasteiger charge is 2.29. The van der Waals surface area contributed by atoms with Gasteiger partial charge in [-0.2, -0.15) is 0 Å². The monoisotopic (exact) mass is 263 g/mol. The van der Waals surface area contributed by atoms with Gasteiger partial charge in [-0.1, -0.05) is 11.8 Å². The number of hydrogen-bond donors (Lipinski definition) is 0. The first kappa shape index (κ1) is 13.0. The lowest BCUT2D eigenvalue weighted by molar-refractivity contribution is -0.113. The van der Waals surface area contributed by atoms with Gasteiger partial charge < -0.3 is 9.64 Å². The second kappa shape index (κ2) is 5.48. The lowest BCUT2D eigenvalue weighted by Crippen LogP contribution is -1.97. The van der Waals surface area contributed by atoms with Gasteiger partial charge in [-0.15, -0.1) is 0 Å². The summed E-state index contributed by atoms with van der Waals surface area (Å²) in [6, 6.07) is 7.78. The van der Waals surface area contributed by atoms with Gasteiger partial charge in [0, 0.05) is 11.4 Å². The number of benzene rings is 1. The summed E-state index contributed by atoms with van der Waals surface area (Å²) < 4.78 is 5.12. The molecule has 0 unspecified atom stereocenters. The van der Waals surface area contributed by atoms with Crippen LogP contribution in [0.25, 0.3) is 0 Å². The standard InChI is InChI=1S/C14H17NO2S/c1-4-15-9-13(15)14(10(2)16)18-12-7-5-11(17-3)6-8-12/h5-8H,4,9H2,1-3H3/b14-13-. The molecule has 0 amide bonds. The first-order valence-electron chi connectivity index (χ1n) is 5.96. The average molecular weight is 263 g/mol. The van der Waals surface area contributed by atoms with Gasteiger partial charge in [0.25, 0.3) is 0 Å². The topological polar surface area (TPSA) is 29.3 Å². The van der Waals surface area contributed by atoms with E-state index in [4.69, 9.17) is 4.74 Å². The quantitative estimate of drug-likeness (QED) is 0.464. The largest absolute Gasteiger partial charge is 0.497 e. The number of rotatable bonds is 5. The van der Waals surface area contributed by atoms with Crippen molar-refractivity contribution in [1.82, 2.24) is 4.90 Å². The van der Waals surface area contributed by atoms with Gasteiger partial charge in [-0.3, -0.25) is 4.79 Å². The van der Waals surface area contributed by atoms with Gasteiger partial charge in [0.15, 0.2) is 5.78 Å². The molecule has 1 heterocycles. The third kappa shape index (κ3) is 2.88. The van der Waals surface area contributed by atoms with Crippen molar-refractivity contribution in [1.29, 1.82) is 0 Å². The summed E-state index contributed by atoms with van der Waals surface area (Å²) in [5.74, 6) is 0.972. The molecule has 4 heteroatoms. The first-order chi connectivity index (χ1) is 8.65. The number of hydrogen-bond acceptors (Lipinski definition) is 4. The smallest absolute Gasteiger partial charge is 0.168 e. The summed E-state index contributed by atoms with van der Waals surface area (Å²) in [4.78, 5) is 15.8. The molecular weight excluding hydrogens is 246 g/mol. The SMILES string of the molecule is CCN1C/C1=C(/Sc1ccc(OC)cc1)C(C)=O. The van der Waals surface area contributed by atoms with Crippen LogP contribution < -0.4 is 4.74 Å². The predicted octanol–water partition coefficient (Wildman–Crippen LogP) is 2.92. The summed E-state index contributed by atoms with van der Waals surface area (Å²) in [7, 11) is 1.65. The second-order valence-corrected chi connectivity index (χ2v) is 5.21. The number of thioether (sulfide) groups is 1. The van der Waals surface area contributed by atoms with Crippen LogP contribution >= 0.6 is 11.8 Å². The molecule has 0 bridgehead atoms. The van der Waals surface area contributed by atoms with E-state index in [0.29, 0.717) is 0 Å². The van der Waals surface area contributed by atoms with E-state index in [1.807, 2.05) is 24.3 Å². The molecule has 1 aliphatic heterocycles. The Labute approximate surface area is 112 Å². The van der Waals surface area contributed by atoms with Gasteiger partial charge >= 0.3 is 0 Å². The van der Waals surface area contributed by atoms with Crippen LogP contribution in [0.5, 0.6) is 5.75 Å². The second-order valence-electron chi connectivity index (χ2n) is 4.12. The van der Waals surface area contributed by atoms with Crippen molar-refractivity contribution in [2.75, 3.05) is 20.2 Å². The molecule has 1 saturated heterocycles. The van der Waals surface area contributed by atoms with E-state index in [2.05, 4.69) is 11.8 Å². The van der Waals surface area contributed by atoms with Gasteiger partial charge in [-0.05, 0) is 38.1 Å². The van der Waals surface area contributed by atoms with E-state index in [0.717, 1.165) is 28.6 Å². The highest BCUT2D eigenvalue weighted by molar-refractivity contribution is 8.04. The van der Waals surface area contributed by atoms with Crippen LogP contribution in [0.2, 0.25) is 0 Å². The molecule has 0 N–H and O–H groups in total. The van der Waals surface area contributed by atoms with E-state index < -0.39 is 0 Å². The fraction of sp³-hybridized carbons (Fsp3) is 0.357. The molecule has 1 aromatic carbocycles. The van der Waals surface area contributed by atoms with Crippen LogP contribution in [0.3, 0.4) is 0 Å². The van der Waals surface area contributed by atoms with E-state index in [1.165, 1.54) is 17.5 Å². The molecular formula is C14H17NO2S. The zero-order valence-corrected chi connectivity index (χ0v) is 11.7. The van der Waals surface area contributed by atoms with Crippen LogP contribution in [0.4, 0.5) is 0 Å². The lowest BCUT2D eigenvalue weighted by Gasteiger charge is -2.05.